The molecule has 0 spiro atoms. The molecule has 0 saturated heterocycles. The normalized spacial score (nSPS) is 10.6. The van der Waals surface area contributed by atoms with Gasteiger partial charge in [-0.1, -0.05) is 6.92 Å². The highest BCUT2D eigenvalue weighted by Crippen LogP contribution is 2.18. The van der Waals surface area contributed by atoms with Gasteiger partial charge in [-0.2, -0.15) is 0 Å². The van der Waals surface area contributed by atoms with Crippen molar-refractivity contribution in [1.29, 1.82) is 0 Å². The van der Waals surface area contributed by atoms with Gasteiger partial charge >= 0.3 is 0 Å². The standard InChI is InChI=1S/C13H22FN3/c1-4-7-15-9-11-8-12(14)10-16-13(11)17(5-2)6-3/h8,10,15H,4-7,9H2,1-3H3. The number of hydrogen-bond acceptors (Lipinski definition) is 3. The zero-order valence-corrected chi connectivity index (χ0v) is 11.0. The second-order valence-electron chi connectivity index (χ2n) is 3.99. The second kappa shape index (κ2) is 7.22. The quantitative estimate of drug-likeness (QED) is 0.741. The average Bonchev–Trinajstić information content (AvgIpc) is 2.33. The van der Waals surface area contributed by atoms with Gasteiger partial charge in [0.1, 0.15) is 11.6 Å². The SMILES string of the molecule is CCCNCc1cc(F)cnc1N(CC)CC. The summed E-state index contributed by atoms with van der Waals surface area (Å²) in [5.41, 5.74) is 0.933. The number of pyridine rings is 1. The van der Waals surface area contributed by atoms with E-state index in [1.54, 1.807) is 6.07 Å². The summed E-state index contributed by atoms with van der Waals surface area (Å²) in [6.45, 7) is 9.65. The first kappa shape index (κ1) is 13.9. The van der Waals surface area contributed by atoms with E-state index in [4.69, 9.17) is 0 Å². The van der Waals surface area contributed by atoms with Crippen LogP contribution >= 0.6 is 0 Å². The highest BCUT2D eigenvalue weighted by atomic mass is 19.1. The first-order chi connectivity index (χ1) is 8.22. The number of aromatic nitrogens is 1. The van der Waals surface area contributed by atoms with Crippen molar-refractivity contribution in [2.24, 2.45) is 0 Å². The third-order valence-electron chi connectivity index (χ3n) is 2.71. The number of hydrogen-bond donors (Lipinski definition) is 1. The Morgan fingerprint density at radius 2 is 2.00 bits per heavy atom. The summed E-state index contributed by atoms with van der Waals surface area (Å²) in [4.78, 5) is 6.35. The summed E-state index contributed by atoms with van der Waals surface area (Å²) in [5, 5.41) is 3.29. The Kier molecular flexibility index (Phi) is 5.91. The van der Waals surface area contributed by atoms with Crippen molar-refractivity contribution >= 4 is 5.82 Å². The van der Waals surface area contributed by atoms with Crippen LogP contribution in [0.3, 0.4) is 0 Å². The molecule has 1 N–H and O–H groups in total. The van der Waals surface area contributed by atoms with Crippen molar-refractivity contribution < 1.29 is 4.39 Å². The van der Waals surface area contributed by atoms with E-state index < -0.39 is 0 Å². The lowest BCUT2D eigenvalue weighted by Crippen LogP contribution is -2.26. The van der Waals surface area contributed by atoms with Crippen LogP contribution < -0.4 is 10.2 Å². The molecule has 1 rings (SSSR count). The van der Waals surface area contributed by atoms with Crippen LogP contribution in [0.25, 0.3) is 0 Å². The largest absolute Gasteiger partial charge is 0.357 e. The van der Waals surface area contributed by atoms with Gasteiger partial charge in [0.15, 0.2) is 0 Å². The zero-order valence-electron chi connectivity index (χ0n) is 11.0. The van der Waals surface area contributed by atoms with Crippen LogP contribution in [0.2, 0.25) is 0 Å². The topological polar surface area (TPSA) is 28.2 Å². The van der Waals surface area contributed by atoms with Crippen LogP contribution in [0.4, 0.5) is 10.2 Å². The Balaban J connectivity index is 2.86. The fourth-order valence-electron chi connectivity index (χ4n) is 1.81. The molecule has 0 aromatic carbocycles. The monoisotopic (exact) mass is 239 g/mol. The minimum atomic E-state index is -0.269. The summed E-state index contributed by atoms with van der Waals surface area (Å²) in [7, 11) is 0. The highest BCUT2D eigenvalue weighted by molar-refractivity contribution is 5.46. The second-order valence-corrected chi connectivity index (χ2v) is 3.99. The minimum absolute atomic E-state index is 0.269. The van der Waals surface area contributed by atoms with Gasteiger partial charge in [0.2, 0.25) is 0 Å². The van der Waals surface area contributed by atoms with E-state index in [2.05, 4.69) is 36.0 Å². The molecule has 0 unspecified atom stereocenters. The smallest absolute Gasteiger partial charge is 0.141 e. The van der Waals surface area contributed by atoms with E-state index in [1.165, 1.54) is 6.20 Å². The molecular formula is C13H22FN3. The molecule has 0 aliphatic heterocycles. The van der Waals surface area contributed by atoms with E-state index >= 15 is 0 Å². The lowest BCUT2D eigenvalue weighted by molar-refractivity contribution is 0.610. The molecule has 0 amide bonds. The van der Waals surface area contributed by atoms with Gasteiger partial charge in [0, 0.05) is 25.2 Å². The summed E-state index contributed by atoms with van der Waals surface area (Å²) in [6.07, 6.45) is 2.36. The van der Waals surface area contributed by atoms with Crippen molar-refractivity contribution in [3.8, 4) is 0 Å². The van der Waals surface area contributed by atoms with E-state index in [0.717, 1.165) is 37.4 Å². The maximum Gasteiger partial charge on any atom is 0.141 e. The first-order valence-electron chi connectivity index (χ1n) is 6.32. The summed E-state index contributed by atoms with van der Waals surface area (Å²) in [6, 6.07) is 1.57. The Morgan fingerprint density at radius 1 is 1.29 bits per heavy atom. The van der Waals surface area contributed by atoms with Crippen LogP contribution in [-0.4, -0.2) is 24.6 Å². The predicted octanol–water partition coefficient (Wildman–Crippen LogP) is 2.57. The molecule has 0 aliphatic rings. The van der Waals surface area contributed by atoms with Crippen LogP contribution in [-0.2, 0) is 6.54 Å². The maximum absolute atomic E-state index is 13.2. The predicted molar refractivity (Wildman–Crippen MR) is 69.8 cm³/mol. The first-order valence-corrected chi connectivity index (χ1v) is 6.32. The molecule has 1 aromatic rings. The maximum atomic E-state index is 13.2. The molecule has 4 heteroatoms. The van der Waals surface area contributed by atoms with Gasteiger partial charge in [-0.15, -0.1) is 0 Å². The summed E-state index contributed by atoms with van der Waals surface area (Å²) in [5.74, 6) is 0.620. The molecule has 96 valence electrons. The zero-order chi connectivity index (χ0) is 12.7. The Labute approximate surface area is 103 Å². The van der Waals surface area contributed by atoms with Crippen LogP contribution in [0.15, 0.2) is 12.3 Å². The molecule has 0 bridgehead atoms. The van der Waals surface area contributed by atoms with Crippen LogP contribution in [0.1, 0.15) is 32.8 Å². The molecule has 0 aliphatic carbocycles. The molecule has 1 aromatic heterocycles. The molecule has 0 fully saturated rings. The molecule has 0 radical (unpaired) electrons. The number of halogens is 1. The van der Waals surface area contributed by atoms with Gasteiger partial charge in [-0.25, -0.2) is 9.37 Å². The van der Waals surface area contributed by atoms with Gasteiger partial charge in [-0.05, 0) is 32.9 Å². The Hall–Kier alpha value is -1.16. The third kappa shape index (κ3) is 3.97. The van der Waals surface area contributed by atoms with Gasteiger partial charge in [-0.3, -0.25) is 0 Å². The molecule has 0 atom stereocenters. The van der Waals surface area contributed by atoms with E-state index in [0.29, 0.717) is 6.54 Å². The molecule has 17 heavy (non-hydrogen) atoms. The van der Waals surface area contributed by atoms with Crippen LogP contribution in [0, 0.1) is 5.82 Å². The van der Waals surface area contributed by atoms with Gasteiger partial charge < -0.3 is 10.2 Å². The van der Waals surface area contributed by atoms with Gasteiger partial charge in [0.05, 0.1) is 6.20 Å². The van der Waals surface area contributed by atoms with E-state index in [9.17, 15) is 4.39 Å². The number of rotatable bonds is 7. The fourth-order valence-corrected chi connectivity index (χ4v) is 1.81. The molecule has 3 nitrogen and oxygen atoms in total. The van der Waals surface area contributed by atoms with Crippen molar-refractivity contribution in [3.05, 3.63) is 23.6 Å². The lowest BCUT2D eigenvalue weighted by atomic mass is 10.2. The number of nitrogens with one attached hydrogen (secondary N) is 1. The van der Waals surface area contributed by atoms with E-state index in [1.807, 2.05) is 0 Å². The summed E-state index contributed by atoms with van der Waals surface area (Å²) < 4.78 is 13.2. The van der Waals surface area contributed by atoms with Crippen molar-refractivity contribution in [2.45, 2.75) is 33.7 Å². The van der Waals surface area contributed by atoms with Crippen LogP contribution in [0.5, 0.6) is 0 Å². The minimum Gasteiger partial charge on any atom is -0.357 e. The highest BCUT2D eigenvalue weighted by Gasteiger charge is 2.10. The average molecular weight is 239 g/mol. The Bertz CT molecular complexity index is 337. The number of nitrogens with zero attached hydrogens (tertiary/aromatic N) is 2. The fraction of sp³-hybridized carbons (Fsp3) is 0.615. The lowest BCUT2D eigenvalue weighted by Gasteiger charge is -2.22. The van der Waals surface area contributed by atoms with E-state index in [-0.39, 0.29) is 5.82 Å². The molecule has 1 heterocycles. The van der Waals surface area contributed by atoms with Crippen molar-refractivity contribution in [3.63, 3.8) is 0 Å². The number of anilines is 1. The summed E-state index contributed by atoms with van der Waals surface area (Å²) >= 11 is 0. The third-order valence-corrected chi connectivity index (χ3v) is 2.71. The van der Waals surface area contributed by atoms with Crippen molar-refractivity contribution in [2.75, 3.05) is 24.5 Å². The molecule has 0 saturated carbocycles. The molecular weight excluding hydrogens is 217 g/mol. The Morgan fingerprint density at radius 3 is 2.59 bits per heavy atom. The van der Waals surface area contributed by atoms with Gasteiger partial charge in [0.25, 0.3) is 0 Å². The van der Waals surface area contributed by atoms with Crippen molar-refractivity contribution in [1.82, 2.24) is 10.3 Å².